The second kappa shape index (κ2) is 8.81. The van der Waals surface area contributed by atoms with Gasteiger partial charge in [-0.25, -0.2) is 13.6 Å². The van der Waals surface area contributed by atoms with Crippen LogP contribution in [0.4, 0.5) is 0 Å². The van der Waals surface area contributed by atoms with E-state index in [0.29, 0.717) is 19.6 Å². The van der Waals surface area contributed by atoms with Gasteiger partial charge in [-0.2, -0.15) is 0 Å². The Bertz CT molecular complexity index is 470. The van der Waals surface area contributed by atoms with Crippen molar-refractivity contribution in [3.05, 3.63) is 24.3 Å². The fraction of sp³-hybridized carbons (Fsp3) is 0.571. The summed E-state index contributed by atoms with van der Waals surface area (Å²) in [6.45, 7) is 3.22. The lowest BCUT2D eigenvalue weighted by Crippen LogP contribution is -2.16. The van der Waals surface area contributed by atoms with Gasteiger partial charge in [-0.05, 0) is 44.0 Å². The van der Waals surface area contributed by atoms with E-state index < -0.39 is 10.0 Å². The first-order valence-corrected chi connectivity index (χ1v) is 8.59. The summed E-state index contributed by atoms with van der Waals surface area (Å²) in [5, 5.41) is 4.92. The van der Waals surface area contributed by atoms with E-state index in [1.807, 2.05) is 31.2 Å². The van der Waals surface area contributed by atoms with E-state index in [1.54, 1.807) is 0 Å². The number of sulfonamides is 1. The molecule has 0 fully saturated rings. The minimum Gasteiger partial charge on any atom is -0.494 e. The van der Waals surface area contributed by atoms with Gasteiger partial charge in [-0.1, -0.05) is 12.8 Å². The van der Waals surface area contributed by atoms with Crippen molar-refractivity contribution in [2.24, 2.45) is 5.14 Å². The lowest BCUT2D eigenvalue weighted by molar-refractivity contribution is 0.303. The van der Waals surface area contributed by atoms with E-state index in [2.05, 4.69) is 0 Å². The molecule has 0 aliphatic rings. The first-order valence-electron chi connectivity index (χ1n) is 6.87. The molecule has 0 saturated heterocycles. The van der Waals surface area contributed by atoms with E-state index in [1.165, 1.54) is 0 Å². The fourth-order valence-electron chi connectivity index (χ4n) is 1.75. The summed E-state index contributed by atoms with van der Waals surface area (Å²) in [7, 11) is -3.31. The van der Waals surface area contributed by atoms with E-state index >= 15 is 0 Å². The molecule has 0 saturated carbocycles. The number of unbranched alkanes of at least 4 members (excludes halogenated alkanes) is 3. The molecule has 0 bridgehead atoms. The first-order chi connectivity index (χ1) is 9.51. The second-order valence-corrected chi connectivity index (χ2v) is 6.27. The minimum absolute atomic E-state index is 0.0622. The highest BCUT2D eigenvalue weighted by atomic mass is 32.2. The van der Waals surface area contributed by atoms with Crippen molar-refractivity contribution in [1.29, 1.82) is 0 Å². The van der Waals surface area contributed by atoms with Crippen molar-refractivity contribution < 1.29 is 17.9 Å². The van der Waals surface area contributed by atoms with Gasteiger partial charge in [0.05, 0.1) is 19.0 Å². The maximum atomic E-state index is 10.7. The SMILES string of the molecule is CCOc1ccc(OCCCCCCS(N)(=O)=O)cc1. The maximum absolute atomic E-state index is 10.7. The second-order valence-electron chi connectivity index (χ2n) is 4.53. The fourth-order valence-corrected chi connectivity index (χ4v) is 2.35. The van der Waals surface area contributed by atoms with Crippen molar-refractivity contribution in [3.8, 4) is 11.5 Å². The highest BCUT2D eigenvalue weighted by Gasteiger charge is 2.01. The Hall–Kier alpha value is -1.27. The molecular weight excluding hydrogens is 278 g/mol. The molecule has 0 spiro atoms. The van der Waals surface area contributed by atoms with Gasteiger partial charge in [0.15, 0.2) is 0 Å². The molecule has 2 N–H and O–H groups in total. The van der Waals surface area contributed by atoms with Gasteiger partial charge in [0.2, 0.25) is 10.0 Å². The monoisotopic (exact) mass is 301 g/mol. The van der Waals surface area contributed by atoms with Crippen LogP contribution >= 0.6 is 0 Å². The molecule has 5 nitrogen and oxygen atoms in total. The smallest absolute Gasteiger partial charge is 0.209 e. The van der Waals surface area contributed by atoms with Crippen molar-refractivity contribution in [3.63, 3.8) is 0 Å². The van der Waals surface area contributed by atoms with Gasteiger partial charge in [-0.15, -0.1) is 0 Å². The predicted octanol–water partition coefficient (Wildman–Crippen LogP) is 2.31. The molecule has 0 unspecified atom stereocenters. The van der Waals surface area contributed by atoms with Crippen molar-refractivity contribution in [1.82, 2.24) is 0 Å². The zero-order valence-corrected chi connectivity index (χ0v) is 12.7. The molecule has 0 aromatic heterocycles. The molecule has 0 heterocycles. The van der Waals surface area contributed by atoms with Crippen LogP contribution in [0.15, 0.2) is 24.3 Å². The molecular formula is C14H23NO4S. The summed E-state index contributed by atoms with van der Waals surface area (Å²) in [5.74, 6) is 1.72. The van der Waals surface area contributed by atoms with Gasteiger partial charge in [-0.3, -0.25) is 0 Å². The van der Waals surface area contributed by atoms with Crippen LogP contribution in [0.2, 0.25) is 0 Å². The van der Waals surface area contributed by atoms with E-state index in [4.69, 9.17) is 14.6 Å². The van der Waals surface area contributed by atoms with Crippen molar-refractivity contribution in [2.75, 3.05) is 19.0 Å². The number of primary sulfonamides is 1. The molecule has 114 valence electrons. The zero-order valence-electron chi connectivity index (χ0n) is 11.9. The number of rotatable bonds is 10. The molecule has 0 radical (unpaired) electrons. The van der Waals surface area contributed by atoms with Gasteiger partial charge in [0.1, 0.15) is 11.5 Å². The molecule has 6 heteroatoms. The summed E-state index contributed by atoms with van der Waals surface area (Å²) in [6.07, 6.45) is 3.30. The lowest BCUT2D eigenvalue weighted by Gasteiger charge is -2.07. The van der Waals surface area contributed by atoms with Crippen LogP contribution < -0.4 is 14.6 Å². The number of benzene rings is 1. The van der Waals surface area contributed by atoms with Gasteiger partial charge < -0.3 is 9.47 Å². The zero-order chi connectivity index (χ0) is 14.8. The molecule has 1 aromatic carbocycles. The Labute approximate surface area is 121 Å². The molecule has 1 aromatic rings. The summed E-state index contributed by atoms with van der Waals surface area (Å²) in [4.78, 5) is 0. The van der Waals surface area contributed by atoms with Crippen molar-refractivity contribution >= 4 is 10.0 Å². The number of nitrogens with two attached hydrogens (primary N) is 1. The average Bonchev–Trinajstić information content (AvgIpc) is 2.38. The molecule has 20 heavy (non-hydrogen) atoms. The molecule has 1 rings (SSSR count). The highest BCUT2D eigenvalue weighted by Crippen LogP contribution is 2.17. The number of ether oxygens (including phenoxy) is 2. The molecule has 0 atom stereocenters. The molecule has 0 amide bonds. The summed E-state index contributed by atoms with van der Waals surface area (Å²) >= 11 is 0. The predicted molar refractivity (Wildman–Crippen MR) is 79.5 cm³/mol. The molecule has 0 aliphatic carbocycles. The number of hydrogen-bond donors (Lipinski definition) is 1. The molecule has 0 aliphatic heterocycles. The summed E-state index contributed by atoms with van der Waals surface area (Å²) < 4.78 is 32.4. The lowest BCUT2D eigenvalue weighted by atomic mass is 10.2. The maximum Gasteiger partial charge on any atom is 0.209 e. The largest absolute Gasteiger partial charge is 0.494 e. The third kappa shape index (κ3) is 8.01. The van der Waals surface area contributed by atoms with Crippen LogP contribution in [-0.2, 0) is 10.0 Å². The topological polar surface area (TPSA) is 78.6 Å². The van der Waals surface area contributed by atoms with Crippen LogP contribution in [0.3, 0.4) is 0 Å². The van der Waals surface area contributed by atoms with Crippen LogP contribution in [0, 0.1) is 0 Å². The summed E-state index contributed by atoms with van der Waals surface area (Å²) in [6, 6.07) is 7.52. The number of hydrogen-bond acceptors (Lipinski definition) is 4. The Kier molecular flexibility index (Phi) is 7.40. The minimum atomic E-state index is -3.31. The first kappa shape index (κ1) is 16.8. The van der Waals surface area contributed by atoms with E-state index in [9.17, 15) is 8.42 Å². The van der Waals surface area contributed by atoms with E-state index in [-0.39, 0.29) is 5.75 Å². The van der Waals surface area contributed by atoms with Crippen molar-refractivity contribution in [2.45, 2.75) is 32.6 Å². The van der Waals surface area contributed by atoms with E-state index in [0.717, 1.165) is 30.8 Å². The Balaban J connectivity index is 2.09. The highest BCUT2D eigenvalue weighted by molar-refractivity contribution is 7.89. The third-order valence-electron chi connectivity index (χ3n) is 2.73. The van der Waals surface area contributed by atoms with Gasteiger partial charge in [0.25, 0.3) is 0 Å². The van der Waals surface area contributed by atoms with Crippen LogP contribution in [-0.4, -0.2) is 27.4 Å². The van der Waals surface area contributed by atoms with Gasteiger partial charge >= 0.3 is 0 Å². The Morgan fingerprint density at radius 2 is 1.50 bits per heavy atom. The van der Waals surface area contributed by atoms with Crippen LogP contribution in [0.25, 0.3) is 0 Å². The quantitative estimate of drug-likeness (QED) is 0.673. The van der Waals surface area contributed by atoms with Gasteiger partial charge in [0, 0.05) is 0 Å². The Morgan fingerprint density at radius 1 is 0.950 bits per heavy atom. The average molecular weight is 301 g/mol. The normalized spacial score (nSPS) is 11.3. The Morgan fingerprint density at radius 3 is 2.05 bits per heavy atom. The summed E-state index contributed by atoms with van der Waals surface area (Å²) in [5.41, 5.74) is 0. The van der Waals surface area contributed by atoms with Crippen LogP contribution in [0.5, 0.6) is 11.5 Å². The van der Waals surface area contributed by atoms with Crippen LogP contribution in [0.1, 0.15) is 32.6 Å². The third-order valence-corrected chi connectivity index (χ3v) is 3.58. The standard InChI is InChI=1S/C14H23NO4S/c1-2-18-13-7-9-14(10-8-13)19-11-5-3-4-6-12-20(15,16)17/h7-10H,2-6,11-12H2,1H3,(H2,15,16,17).